The quantitative estimate of drug-likeness (QED) is 0.520. The normalized spacial score (nSPS) is 17.0. The first-order valence-electron chi connectivity index (χ1n) is 9.90. The van der Waals surface area contributed by atoms with E-state index in [1.54, 1.807) is 20.2 Å². The molecule has 164 valence electrons. The van der Waals surface area contributed by atoms with Gasteiger partial charge in [-0.1, -0.05) is 30.3 Å². The summed E-state index contributed by atoms with van der Waals surface area (Å²) in [6.45, 7) is 4.78. The summed E-state index contributed by atoms with van der Waals surface area (Å²) in [7, 11) is -0.00706. The summed E-state index contributed by atoms with van der Waals surface area (Å²) in [5.74, 6) is 1.72. The van der Waals surface area contributed by atoms with Crippen LogP contribution in [0.2, 0.25) is 0 Å². The average Bonchev–Trinajstić information content (AvgIpc) is 3.26. The zero-order valence-corrected chi connectivity index (χ0v) is 18.4. The number of ether oxygens (including phenoxy) is 1. The molecule has 1 aromatic heterocycles. The first-order valence-corrected chi connectivity index (χ1v) is 11.5. The minimum Gasteiger partial charge on any atom is -0.496 e. The largest absolute Gasteiger partial charge is 0.496 e. The lowest BCUT2D eigenvalue weighted by Gasteiger charge is -2.36. The third kappa shape index (κ3) is 5.31. The summed E-state index contributed by atoms with van der Waals surface area (Å²) in [6, 6.07) is 9.55. The molecular formula is C20H29N5O4S. The smallest absolute Gasteiger partial charge is 0.220 e. The van der Waals surface area contributed by atoms with Crippen LogP contribution in [0.5, 0.6) is 5.75 Å². The molecule has 30 heavy (non-hydrogen) atoms. The molecule has 1 aromatic carbocycles. The average molecular weight is 436 g/mol. The van der Waals surface area contributed by atoms with Gasteiger partial charge in [-0.3, -0.25) is 4.99 Å². The van der Waals surface area contributed by atoms with Crippen LogP contribution in [0.3, 0.4) is 0 Å². The minimum atomic E-state index is -3.42. The third-order valence-electron chi connectivity index (χ3n) is 5.20. The molecule has 0 aliphatic carbocycles. The second kappa shape index (κ2) is 9.94. The fourth-order valence-electron chi connectivity index (χ4n) is 3.53. The zero-order valence-electron chi connectivity index (χ0n) is 17.6. The van der Waals surface area contributed by atoms with E-state index < -0.39 is 10.0 Å². The first-order chi connectivity index (χ1) is 14.4. The van der Waals surface area contributed by atoms with Crippen LogP contribution >= 0.6 is 0 Å². The van der Waals surface area contributed by atoms with E-state index in [1.807, 2.05) is 18.2 Å². The Bertz CT molecular complexity index is 938. The van der Waals surface area contributed by atoms with Crippen LogP contribution in [0.15, 0.2) is 46.1 Å². The van der Waals surface area contributed by atoms with Crippen molar-refractivity contribution in [1.29, 1.82) is 0 Å². The highest BCUT2D eigenvalue weighted by atomic mass is 32.2. The molecule has 3 rings (SSSR count). The highest BCUT2D eigenvalue weighted by molar-refractivity contribution is 7.88. The van der Waals surface area contributed by atoms with E-state index in [9.17, 15) is 8.42 Å². The van der Waals surface area contributed by atoms with E-state index in [0.29, 0.717) is 38.4 Å². The van der Waals surface area contributed by atoms with Crippen LogP contribution in [0.4, 0.5) is 0 Å². The van der Waals surface area contributed by atoms with E-state index in [-0.39, 0.29) is 11.7 Å². The standard InChI is InChI=1S/C20H29N5O4S/c1-16(18-6-4-5-7-19(18)28-3)14-22-20(21-2)24-9-11-25(12-10-24)30(26,27)15-17-8-13-29-23-17/h4-8,13,16H,9-12,14-15H2,1-3H3,(H,21,22). The van der Waals surface area contributed by atoms with Crippen LogP contribution in [-0.4, -0.2) is 75.6 Å². The molecule has 1 N–H and O–H groups in total. The highest BCUT2D eigenvalue weighted by Crippen LogP contribution is 2.25. The van der Waals surface area contributed by atoms with Crippen LogP contribution in [0.1, 0.15) is 24.1 Å². The maximum absolute atomic E-state index is 12.6. The molecule has 0 spiro atoms. The van der Waals surface area contributed by atoms with Crippen molar-refractivity contribution in [2.24, 2.45) is 4.99 Å². The second-order valence-electron chi connectivity index (χ2n) is 7.20. The maximum atomic E-state index is 12.6. The van der Waals surface area contributed by atoms with E-state index in [2.05, 4.69) is 33.4 Å². The van der Waals surface area contributed by atoms with Gasteiger partial charge in [-0.15, -0.1) is 0 Å². The molecule has 0 radical (unpaired) electrons. The Labute approximate surface area is 177 Å². The molecule has 9 nitrogen and oxygen atoms in total. The van der Waals surface area contributed by atoms with E-state index >= 15 is 0 Å². The Kier molecular flexibility index (Phi) is 7.33. The van der Waals surface area contributed by atoms with Gasteiger partial charge in [0.15, 0.2) is 5.96 Å². The van der Waals surface area contributed by atoms with Gasteiger partial charge in [-0.25, -0.2) is 8.42 Å². The van der Waals surface area contributed by atoms with Gasteiger partial charge in [0.2, 0.25) is 10.0 Å². The first kappa shape index (κ1) is 22.1. The Balaban J connectivity index is 1.54. The maximum Gasteiger partial charge on any atom is 0.220 e. The Morgan fingerprint density at radius 1 is 1.27 bits per heavy atom. The second-order valence-corrected chi connectivity index (χ2v) is 9.17. The lowest BCUT2D eigenvalue weighted by molar-refractivity contribution is 0.259. The van der Waals surface area contributed by atoms with Crippen LogP contribution in [0.25, 0.3) is 0 Å². The number of para-hydroxylation sites is 1. The number of nitrogens with zero attached hydrogens (tertiary/aromatic N) is 4. The van der Waals surface area contributed by atoms with Gasteiger partial charge in [-0.2, -0.15) is 4.31 Å². The molecule has 1 atom stereocenters. The highest BCUT2D eigenvalue weighted by Gasteiger charge is 2.29. The molecular weight excluding hydrogens is 406 g/mol. The van der Waals surface area contributed by atoms with Crippen molar-refractivity contribution >= 4 is 16.0 Å². The van der Waals surface area contributed by atoms with Crippen molar-refractivity contribution in [1.82, 2.24) is 19.7 Å². The van der Waals surface area contributed by atoms with E-state index in [4.69, 9.17) is 9.26 Å². The van der Waals surface area contributed by atoms with Crippen LogP contribution in [-0.2, 0) is 15.8 Å². The van der Waals surface area contributed by atoms with E-state index in [0.717, 1.165) is 17.3 Å². The van der Waals surface area contributed by atoms with Crippen LogP contribution < -0.4 is 10.1 Å². The zero-order chi connectivity index (χ0) is 21.6. The number of methoxy groups -OCH3 is 1. The van der Waals surface area contributed by atoms with Gasteiger partial charge in [-0.05, 0) is 11.6 Å². The number of benzene rings is 1. The monoisotopic (exact) mass is 435 g/mol. The predicted molar refractivity (Wildman–Crippen MR) is 115 cm³/mol. The van der Waals surface area contributed by atoms with Gasteiger partial charge < -0.3 is 19.5 Å². The summed E-state index contributed by atoms with van der Waals surface area (Å²) in [5.41, 5.74) is 1.55. The lowest BCUT2D eigenvalue weighted by atomic mass is 10.0. The van der Waals surface area contributed by atoms with E-state index in [1.165, 1.54) is 10.6 Å². The van der Waals surface area contributed by atoms with Gasteiger partial charge in [0.05, 0.1) is 12.8 Å². The number of sulfonamides is 1. The van der Waals surface area contributed by atoms with Crippen molar-refractivity contribution in [3.63, 3.8) is 0 Å². The Hall–Kier alpha value is -2.59. The van der Waals surface area contributed by atoms with Crippen molar-refractivity contribution in [3.05, 3.63) is 47.9 Å². The summed E-state index contributed by atoms with van der Waals surface area (Å²) >= 11 is 0. The molecule has 0 saturated carbocycles. The van der Waals surface area contributed by atoms with Crippen LogP contribution in [0, 0.1) is 0 Å². The SMILES string of the molecule is CN=C(NCC(C)c1ccccc1OC)N1CCN(S(=O)(=O)Cc2ccon2)CC1. The van der Waals surface area contributed by atoms with Crippen molar-refractivity contribution in [3.8, 4) is 5.75 Å². The van der Waals surface area contributed by atoms with Crippen molar-refractivity contribution in [2.45, 2.75) is 18.6 Å². The Morgan fingerprint density at radius 3 is 2.63 bits per heavy atom. The lowest BCUT2D eigenvalue weighted by Crippen LogP contribution is -2.54. The molecule has 1 unspecified atom stereocenters. The molecule has 0 amide bonds. The topological polar surface area (TPSA) is 100 Å². The number of aliphatic imine (C=N–C) groups is 1. The summed E-state index contributed by atoms with van der Waals surface area (Å²) < 4.78 is 36.9. The van der Waals surface area contributed by atoms with Gasteiger partial charge in [0, 0.05) is 51.8 Å². The Morgan fingerprint density at radius 2 is 2.00 bits per heavy atom. The number of guanidine groups is 1. The van der Waals surface area contributed by atoms with Crippen molar-refractivity contribution < 1.29 is 17.7 Å². The molecule has 2 heterocycles. The number of rotatable bonds is 7. The van der Waals surface area contributed by atoms with Crippen molar-refractivity contribution in [2.75, 3.05) is 46.9 Å². The molecule has 10 heteroatoms. The van der Waals surface area contributed by atoms with Gasteiger partial charge in [0.25, 0.3) is 0 Å². The summed E-state index contributed by atoms with van der Waals surface area (Å²) in [6.07, 6.45) is 1.38. The number of hydrogen-bond donors (Lipinski definition) is 1. The molecule has 1 fully saturated rings. The fourth-order valence-corrected chi connectivity index (χ4v) is 4.95. The fraction of sp³-hybridized carbons (Fsp3) is 0.500. The number of hydrogen-bond acceptors (Lipinski definition) is 6. The molecule has 1 aliphatic rings. The predicted octanol–water partition coefficient (Wildman–Crippen LogP) is 1.51. The minimum absolute atomic E-state index is 0.146. The molecule has 1 aliphatic heterocycles. The molecule has 2 aromatic rings. The van der Waals surface area contributed by atoms with Gasteiger partial charge >= 0.3 is 0 Å². The molecule has 0 bridgehead atoms. The number of aromatic nitrogens is 1. The number of piperazine rings is 1. The number of nitrogens with one attached hydrogen (secondary N) is 1. The summed E-state index contributed by atoms with van der Waals surface area (Å²) in [4.78, 5) is 6.46. The third-order valence-corrected chi connectivity index (χ3v) is 7.01. The van der Waals surface area contributed by atoms with Gasteiger partial charge in [0.1, 0.15) is 17.8 Å². The summed E-state index contributed by atoms with van der Waals surface area (Å²) in [5, 5.41) is 7.11. The molecule has 1 saturated heterocycles.